The first kappa shape index (κ1) is 13.8. The predicted molar refractivity (Wildman–Crippen MR) is 79.9 cm³/mol. The maximum Gasteiger partial charge on any atom is 0.271 e. The molecule has 0 atom stereocenters. The third kappa shape index (κ3) is 2.42. The maximum absolute atomic E-state index is 12.4. The highest BCUT2D eigenvalue weighted by atomic mass is 16.6. The Morgan fingerprint density at radius 2 is 1.73 bits per heavy atom. The zero-order valence-corrected chi connectivity index (χ0v) is 11.4. The summed E-state index contributed by atoms with van der Waals surface area (Å²) in [4.78, 5) is 38.8. The van der Waals surface area contributed by atoms with Gasteiger partial charge >= 0.3 is 0 Å². The molecule has 0 amide bonds. The van der Waals surface area contributed by atoms with Crippen molar-refractivity contribution in [2.75, 3.05) is 0 Å². The van der Waals surface area contributed by atoms with Crippen molar-refractivity contribution in [3.63, 3.8) is 0 Å². The molecule has 6 nitrogen and oxygen atoms in total. The van der Waals surface area contributed by atoms with Crippen molar-refractivity contribution in [3.05, 3.63) is 69.8 Å². The van der Waals surface area contributed by atoms with Gasteiger partial charge in [-0.25, -0.2) is 4.99 Å². The molecule has 22 heavy (non-hydrogen) atoms. The van der Waals surface area contributed by atoms with Gasteiger partial charge in [-0.1, -0.05) is 30.3 Å². The normalized spacial score (nSPS) is 15.7. The van der Waals surface area contributed by atoms with Crippen molar-refractivity contribution in [1.82, 2.24) is 0 Å². The van der Waals surface area contributed by atoms with Crippen molar-refractivity contribution in [2.45, 2.75) is 6.42 Å². The fourth-order valence-corrected chi connectivity index (χ4v) is 2.33. The average Bonchev–Trinajstić information content (AvgIpc) is 2.52. The van der Waals surface area contributed by atoms with Crippen LogP contribution in [-0.4, -0.2) is 22.2 Å². The number of hydrogen-bond donors (Lipinski definition) is 0. The summed E-state index contributed by atoms with van der Waals surface area (Å²) < 4.78 is 0. The van der Waals surface area contributed by atoms with Crippen LogP contribution in [0.1, 0.15) is 27.1 Å². The van der Waals surface area contributed by atoms with Crippen molar-refractivity contribution >= 4 is 28.7 Å². The number of nitro groups is 1. The first-order chi connectivity index (χ1) is 10.6. The van der Waals surface area contributed by atoms with E-state index in [1.54, 1.807) is 30.3 Å². The number of carbonyl (C=O) groups is 2. The number of ketones is 2. The monoisotopic (exact) mass is 294 g/mol. The van der Waals surface area contributed by atoms with E-state index in [1.165, 1.54) is 18.2 Å². The van der Waals surface area contributed by atoms with Gasteiger partial charge in [0, 0.05) is 23.3 Å². The standard InChI is InChI=1S/C16H10N2O4/c19-15-9-14(16(20)13-7-2-1-6-12(13)15)17-10-4-3-5-11(8-10)18(21)22/h1-8H,9H2. The largest absolute Gasteiger partial charge is 0.294 e. The van der Waals surface area contributed by atoms with E-state index in [4.69, 9.17) is 0 Å². The van der Waals surface area contributed by atoms with Crippen LogP contribution in [0.3, 0.4) is 0 Å². The van der Waals surface area contributed by atoms with Gasteiger partial charge in [-0.3, -0.25) is 19.7 Å². The molecule has 0 spiro atoms. The molecular formula is C16H10N2O4. The first-order valence-electron chi connectivity index (χ1n) is 6.55. The Balaban J connectivity index is 2.03. The highest BCUT2D eigenvalue weighted by molar-refractivity contribution is 6.53. The minimum atomic E-state index is -0.535. The summed E-state index contributed by atoms with van der Waals surface area (Å²) in [5.74, 6) is -0.499. The molecule has 0 aromatic heterocycles. The summed E-state index contributed by atoms with van der Waals surface area (Å²) in [7, 11) is 0. The molecule has 2 aromatic carbocycles. The zero-order valence-electron chi connectivity index (χ0n) is 11.4. The second-order valence-corrected chi connectivity index (χ2v) is 4.81. The highest BCUT2D eigenvalue weighted by Crippen LogP contribution is 2.24. The Bertz CT molecular complexity index is 840. The number of hydrogen-bond acceptors (Lipinski definition) is 5. The Hall–Kier alpha value is -3.15. The number of benzene rings is 2. The van der Waals surface area contributed by atoms with Gasteiger partial charge in [0.1, 0.15) is 0 Å². The molecule has 0 fully saturated rings. The maximum atomic E-state index is 12.4. The molecule has 1 aliphatic carbocycles. The third-order valence-electron chi connectivity index (χ3n) is 3.37. The van der Waals surface area contributed by atoms with Crippen LogP contribution in [0.25, 0.3) is 0 Å². The summed E-state index contributed by atoms with van der Waals surface area (Å²) in [6, 6.07) is 12.2. The molecule has 6 heteroatoms. The molecule has 3 rings (SSSR count). The van der Waals surface area contributed by atoms with Gasteiger partial charge in [0.15, 0.2) is 5.78 Å². The molecule has 0 unspecified atom stereocenters. The van der Waals surface area contributed by atoms with Gasteiger partial charge in [0.2, 0.25) is 5.78 Å². The van der Waals surface area contributed by atoms with E-state index in [9.17, 15) is 19.7 Å². The quantitative estimate of drug-likeness (QED) is 0.628. The van der Waals surface area contributed by atoms with Crippen LogP contribution in [0.15, 0.2) is 53.5 Å². The Labute approximate surface area is 125 Å². The number of nitrogens with zero attached hydrogens (tertiary/aromatic N) is 2. The molecule has 2 aromatic rings. The van der Waals surface area contributed by atoms with E-state index in [2.05, 4.69) is 4.99 Å². The van der Waals surface area contributed by atoms with E-state index < -0.39 is 4.92 Å². The molecule has 0 radical (unpaired) electrons. The van der Waals surface area contributed by atoms with Crippen LogP contribution >= 0.6 is 0 Å². The second kappa shape index (κ2) is 5.33. The van der Waals surface area contributed by atoms with Crippen LogP contribution in [0.2, 0.25) is 0 Å². The number of fused-ring (bicyclic) bond motifs is 1. The van der Waals surface area contributed by atoms with E-state index in [0.717, 1.165) is 0 Å². The molecule has 0 N–H and O–H groups in total. The zero-order chi connectivity index (χ0) is 15.7. The number of non-ortho nitro benzene ring substituents is 1. The lowest BCUT2D eigenvalue weighted by atomic mass is 9.88. The van der Waals surface area contributed by atoms with Crippen LogP contribution in [0.5, 0.6) is 0 Å². The SMILES string of the molecule is O=C1CC(=Nc2cccc([N+](=O)[O-])c2)C(=O)c2ccccc21. The summed E-state index contributed by atoms with van der Waals surface area (Å²) >= 11 is 0. The second-order valence-electron chi connectivity index (χ2n) is 4.81. The van der Waals surface area contributed by atoms with Gasteiger partial charge in [0.05, 0.1) is 22.7 Å². The molecule has 0 heterocycles. The van der Waals surface area contributed by atoms with Crippen LogP contribution in [0.4, 0.5) is 11.4 Å². The van der Waals surface area contributed by atoms with Gasteiger partial charge in [0.25, 0.3) is 5.69 Å². The Morgan fingerprint density at radius 1 is 1.00 bits per heavy atom. The first-order valence-corrected chi connectivity index (χ1v) is 6.55. The third-order valence-corrected chi connectivity index (χ3v) is 3.37. The van der Waals surface area contributed by atoms with Gasteiger partial charge in [-0.05, 0) is 6.07 Å². The summed E-state index contributed by atoms with van der Waals surface area (Å²) in [6.07, 6.45) is -0.0987. The Kier molecular flexibility index (Phi) is 3.34. The highest BCUT2D eigenvalue weighted by Gasteiger charge is 2.28. The summed E-state index contributed by atoms with van der Waals surface area (Å²) in [6.45, 7) is 0. The fraction of sp³-hybridized carbons (Fsp3) is 0.0625. The summed E-state index contributed by atoms with van der Waals surface area (Å²) in [5.41, 5.74) is 0.985. The lowest BCUT2D eigenvalue weighted by molar-refractivity contribution is -0.384. The van der Waals surface area contributed by atoms with Crippen LogP contribution in [-0.2, 0) is 0 Å². The summed E-state index contributed by atoms with van der Waals surface area (Å²) in [5, 5.41) is 10.8. The molecular weight excluding hydrogens is 284 g/mol. The fourth-order valence-electron chi connectivity index (χ4n) is 2.33. The molecule has 0 saturated heterocycles. The van der Waals surface area contributed by atoms with Crippen molar-refractivity contribution in [3.8, 4) is 0 Å². The van der Waals surface area contributed by atoms with Gasteiger partial charge in [-0.15, -0.1) is 0 Å². The molecule has 0 aliphatic heterocycles. The minimum absolute atomic E-state index is 0.0987. The van der Waals surface area contributed by atoms with Crippen molar-refractivity contribution in [1.29, 1.82) is 0 Å². The minimum Gasteiger partial charge on any atom is -0.294 e. The number of aliphatic imine (C=N–C) groups is 1. The van der Waals surface area contributed by atoms with E-state index >= 15 is 0 Å². The average molecular weight is 294 g/mol. The smallest absolute Gasteiger partial charge is 0.271 e. The van der Waals surface area contributed by atoms with Crippen LogP contribution < -0.4 is 0 Å². The lowest BCUT2D eigenvalue weighted by Crippen LogP contribution is -2.26. The van der Waals surface area contributed by atoms with E-state index in [-0.39, 0.29) is 35.1 Å². The Morgan fingerprint density at radius 3 is 2.45 bits per heavy atom. The van der Waals surface area contributed by atoms with Crippen molar-refractivity contribution < 1.29 is 14.5 Å². The lowest BCUT2D eigenvalue weighted by Gasteiger charge is -2.15. The molecule has 0 saturated carbocycles. The predicted octanol–water partition coefficient (Wildman–Crippen LogP) is 3.14. The topological polar surface area (TPSA) is 89.6 Å². The van der Waals surface area contributed by atoms with Crippen molar-refractivity contribution in [2.24, 2.45) is 4.99 Å². The number of Topliss-reactive ketones (excluding diaryl/α,β-unsaturated/α-hetero) is 2. The molecule has 1 aliphatic rings. The number of nitro benzene ring substituents is 1. The molecule has 108 valence electrons. The van der Waals surface area contributed by atoms with E-state index in [0.29, 0.717) is 11.1 Å². The molecule has 0 bridgehead atoms. The van der Waals surface area contributed by atoms with Crippen LogP contribution in [0, 0.1) is 10.1 Å². The van der Waals surface area contributed by atoms with Gasteiger partial charge in [-0.2, -0.15) is 0 Å². The van der Waals surface area contributed by atoms with E-state index in [1.807, 2.05) is 0 Å². The van der Waals surface area contributed by atoms with Gasteiger partial charge < -0.3 is 0 Å². The number of carbonyl (C=O) groups excluding carboxylic acids is 2. The number of rotatable bonds is 2.